The molecule has 1 aromatic carbocycles. The number of hydrogen-bond donors (Lipinski definition) is 2. The first-order valence-corrected chi connectivity index (χ1v) is 3.92. The Labute approximate surface area is 91.7 Å². The van der Waals surface area contributed by atoms with Crippen molar-refractivity contribution in [2.45, 2.75) is 6.54 Å². The molecule has 0 aromatic heterocycles. The molecule has 6 heteroatoms. The van der Waals surface area contributed by atoms with E-state index in [4.69, 9.17) is 20.4 Å². The Morgan fingerprint density at radius 3 is 1.81 bits per heavy atom. The molecule has 0 atom stereocenters. The van der Waals surface area contributed by atoms with Crippen LogP contribution in [0.3, 0.4) is 0 Å². The van der Waals surface area contributed by atoms with Crippen LogP contribution in [0.1, 0.15) is 5.56 Å². The van der Waals surface area contributed by atoms with E-state index in [1.807, 2.05) is 30.3 Å². The van der Waals surface area contributed by atoms with Gasteiger partial charge < -0.3 is 0 Å². The number of nitrogens with zero attached hydrogens (tertiary/aromatic N) is 1. The first kappa shape index (κ1) is 15.8. The van der Waals surface area contributed by atoms with Gasteiger partial charge >= 0.3 is 0 Å². The molecular formula is C10H9N3O3. The Kier molecular flexibility index (Phi) is 14.7. The second-order valence-corrected chi connectivity index (χ2v) is 2.10. The zero-order chi connectivity index (χ0) is 12.6. The van der Waals surface area contributed by atoms with Crippen molar-refractivity contribution in [1.82, 2.24) is 0 Å². The van der Waals surface area contributed by atoms with Gasteiger partial charge in [0, 0.05) is 0 Å². The van der Waals surface area contributed by atoms with Crippen LogP contribution in [-0.4, -0.2) is 18.2 Å². The van der Waals surface area contributed by atoms with Crippen molar-refractivity contribution in [2.75, 3.05) is 0 Å². The van der Waals surface area contributed by atoms with Crippen molar-refractivity contribution in [3.05, 3.63) is 35.9 Å². The maximum absolute atomic E-state index is 9.69. The van der Waals surface area contributed by atoms with E-state index in [-0.39, 0.29) is 0 Å². The first-order chi connectivity index (χ1) is 7.76. The van der Waals surface area contributed by atoms with E-state index in [0.29, 0.717) is 6.54 Å². The summed E-state index contributed by atoms with van der Waals surface area (Å²) < 4.78 is 0. The third-order valence-corrected chi connectivity index (χ3v) is 1.17. The summed E-state index contributed by atoms with van der Waals surface area (Å²) in [5.41, 5.74) is 1.03. The van der Waals surface area contributed by atoms with Crippen molar-refractivity contribution in [2.24, 2.45) is 4.99 Å². The van der Waals surface area contributed by atoms with Crippen LogP contribution in [0.5, 0.6) is 0 Å². The second kappa shape index (κ2) is 14.9. The number of carbonyl (C=O) groups excluding carboxylic acids is 3. The van der Waals surface area contributed by atoms with E-state index in [0.717, 1.165) is 17.7 Å². The number of rotatable bonds is 2. The van der Waals surface area contributed by atoms with Crippen LogP contribution >= 0.6 is 0 Å². The largest absolute Gasteiger partial charge is 0.235 e. The van der Waals surface area contributed by atoms with Crippen LogP contribution in [0.15, 0.2) is 35.3 Å². The molecule has 0 radical (unpaired) electrons. The molecule has 0 aliphatic carbocycles. The van der Waals surface area contributed by atoms with Crippen LogP contribution in [0.2, 0.25) is 0 Å². The topological polar surface area (TPSA) is 111 Å². The van der Waals surface area contributed by atoms with Crippen LogP contribution in [0.4, 0.5) is 0 Å². The molecule has 16 heavy (non-hydrogen) atoms. The summed E-state index contributed by atoms with van der Waals surface area (Å²) in [5, 5.41) is 10.8. The molecule has 0 fully saturated rings. The molecular weight excluding hydrogens is 210 g/mol. The van der Waals surface area contributed by atoms with Gasteiger partial charge in [0.15, 0.2) is 0 Å². The van der Waals surface area contributed by atoms with Crippen molar-refractivity contribution in [3.8, 4) is 0 Å². The fourth-order valence-corrected chi connectivity index (χ4v) is 0.707. The summed E-state index contributed by atoms with van der Waals surface area (Å²) >= 11 is 0. The van der Waals surface area contributed by atoms with Gasteiger partial charge in [0.25, 0.3) is 0 Å². The number of nitrogens with one attached hydrogen (secondary N) is 2. The predicted octanol–water partition coefficient (Wildman–Crippen LogP) is 1.32. The zero-order valence-corrected chi connectivity index (χ0v) is 8.27. The second-order valence-electron chi connectivity index (χ2n) is 2.10. The molecule has 6 nitrogen and oxygen atoms in total. The average molecular weight is 219 g/mol. The fourth-order valence-electron chi connectivity index (χ4n) is 0.707. The molecule has 82 valence electrons. The molecule has 0 aliphatic heterocycles. The van der Waals surface area contributed by atoms with Gasteiger partial charge in [0.1, 0.15) is 0 Å². The van der Waals surface area contributed by atoms with Crippen LogP contribution in [0.25, 0.3) is 0 Å². The van der Waals surface area contributed by atoms with Gasteiger partial charge in [-0.3, -0.25) is 0 Å². The molecule has 1 aromatic rings. The predicted molar refractivity (Wildman–Crippen MR) is 55.1 cm³/mol. The van der Waals surface area contributed by atoms with Gasteiger partial charge in [-0.05, 0) is 5.56 Å². The van der Waals surface area contributed by atoms with Gasteiger partial charge in [-0.1, -0.05) is 30.3 Å². The molecule has 0 heterocycles. The van der Waals surface area contributed by atoms with Gasteiger partial charge in [-0.15, -0.1) is 0 Å². The van der Waals surface area contributed by atoms with Gasteiger partial charge in [-0.25, -0.2) is 30.2 Å². The minimum atomic E-state index is 0.435. The molecule has 0 saturated heterocycles. The molecule has 0 unspecified atom stereocenters. The van der Waals surface area contributed by atoms with E-state index in [2.05, 4.69) is 4.99 Å². The lowest BCUT2D eigenvalue weighted by Gasteiger charge is -1.89. The molecule has 1 rings (SSSR count). The van der Waals surface area contributed by atoms with E-state index in [1.54, 1.807) is 0 Å². The molecule has 0 spiro atoms. The highest BCUT2D eigenvalue weighted by molar-refractivity contribution is 5.33. The third-order valence-electron chi connectivity index (χ3n) is 1.17. The SMILES string of the molecule is N=C=O.N=C=O.O=C=NCc1ccccc1. The van der Waals surface area contributed by atoms with Crippen molar-refractivity contribution < 1.29 is 14.4 Å². The molecule has 0 aliphatic rings. The van der Waals surface area contributed by atoms with Gasteiger partial charge in [0.2, 0.25) is 18.2 Å². The highest BCUT2D eigenvalue weighted by atomic mass is 16.1. The lowest BCUT2D eigenvalue weighted by Crippen LogP contribution is -1.77. The Morgan fingerprint density at radius 2 is 1.44 bits per heavy atom. The number of isocyanates is 3. The number of benzene rings is 1. The summed E-state index contributed by atoms with van der Waals surface area (Å²) in [6.45, 7) is 0.435. The summed E-state index contributed by atoms with van der Waals surface area (Å²) in [6, 6.07) is 9.58. The Bertz CT molecular complexity index is 373. The number of hydrogen-bond acceptors (Lipinski definition) is 6. The lowest BCUT2D eigenvalue weighted by atomic mass is 10.2. The van der Waals surface area contributed by atoms with Gasteiger partial charge in [-0.2, -0.15) is 0 Å². The standard InChI is InChI=1S/C8H7NO.2CHNO/c10-7-9-6-8-4-2-1-3-5-8;2*2-1-3/h1-5H,6H2;2*2H. The Morgan fingerprint density at radius 1 is 1.00 bits per heavy atom. The average Bonchev–Trinajstić information content (AvgIpc) is 2.30. The summed E-state index contributed by atoms with van der Waals surface area (Å²) in [5.74, 6) is 0. The van der Waals surface area contributed by atoms with Gasteiger partial charge in [0.05, 0.1) is 6.54 Å². The lowest BCUT2D eigenvalue weighted by molar-refractivity contribution is 0.562. The summed E-state index contributed by atoms with van der Waals surface area (Å²) in [6.07, 6.45) is 2.99. The van der Waals surface area contributed by atoms with Crippen molar-refractivity contribution in [1.29, 1.82) is 10.8 Å². The molecule has 0 amide bonds. The summed E-state index contributed by atoms with van der Waals surface area (Å²) in [4.78, 5) is 29.8. The number of aliphatic imine (C=N–C) groups is 1. The maximum atomic E-state index is 9.69. The fraction of sp³-hybridized carbons (Fsp3) is 0.100. The van der Waals surface area contributed by atoms with Crippen LogP contribution < -0.4 is 0 Å². The Balaban J connectivity index is 0. The molecule has 0 saturated carbocycles. The highest BCUT2D eigenvalue weighted by Crippen LogP contribution is 1.98. The smallest absolute Gasteiger partial charge is 0.222 e. The minimum Gasteiger partial charge on any atom is -0.222 e. The monoisotopic (exact) mass is 219 g/mol. The summed E-state index contributed by atoms with van der Waals surface area (Å²) in [7, 11) is 0. The first-order valence-electron chi connectivity index (χ1n) is 3.92. The Hall–Kier alpha value is -2.64. The maximum Gasteiger partial charge on any atom is 0.235 e. The van der Waals surface area contributed by atoms with E-state index >= 15 is 0 Å². The van der Waals surface area contributed by atoms with E-state index in [9.17, 15) is 4.79 Å². The van der Waals surface area contributed by atoms with Crippen molar-refractivity contribution >= 4 is 18.2 Å². The molecule has 2 N–H and O–H groups in total. The van der Waals surface area contributed by atoms with Crippen molar-refractivity contribution in [3.63, 3.8) is 0 Å². The normalized spacial score (nSPS) is 6.25. The van der Waals surface area contributed by atoms with Crippen LogP contribution in [-0.2, 0) is 20.9 Å². The van der Waals surface area contributed by atoms with Crippen LogP contribution in [0, 0.1) is 10.8 Å². The molecule has 0 bridgehead atoms. The van der Waals surface area contributed by atoms with E-state index < -0.39 is 0 Å². The quantitative estimate of drug-likeness (QED) is 0.577. The highest BCUT2D eigenvalue weighted by Gasteiger charge is 1.84. The van der Waals surface area contributed by atoms with E-state index in [1.165, 1.54) is 6.08 Å². The zero-order valence-electron chi connectivity index (χ0n) is 8.27. The third kappa shape index (κ3) is 13.9. The minimum absolute atomic E-state index is 0.435.